The van der Waals surface area contributed by atoms with Gasteiger partial charge in [0.05, 0.1) is 0 Å². The van der Waals surface area contributed by atoms with Gasteiger partial charge in [-0.1, -0.05) is 26.0 Å². The molecular formula is C17H29NOS. The Balaban J connectivity index is 2.01. The Bertz CT molecular complexity index is 337. The van der Waals surface area contributed by atoms with Crippen LogP contribution in [0, 0.1) is 0 Å². The Kier molecular flexibility index (Phi) is 9.81. The third-order valence-corrected chi connectivity index (χ3v) is 4.20. The van der Waals surface area contributed by atoms with Crippen molar-refractivity contribution in [3.63, 3.8) is 0 Å². The first-order chi connectivity index (χ1) is 9.74. The van der Waals surface area contributed by atoms with Crippen LogP contribution in [0.5, 0.6) is 0 Å². The normalized spacial score (nSPS) is 11.2. The molecule has 114 valence electrons. The lowest BCUT2D eigenvalue weighted by atomic mass is 10.0. The van der Waals surface area contributed by atoms with Gasteiger partial charge in [-0.2, -0.15) is 0 Å². The van der Waals surface area contributed by atoms with Crippen molar-refractivity contribution in [2.24, 2.45) is 0 Å². The Morgan fingerprint density at radius 1 is 1.10 bits per heavy atom. The fourth-order valence-corrected chi connectivity index (χ4v) is 2.72. The van der Waals surface area contributed by atoms with Crippen LogP contribution in [0.15, 0.2) is 29.2 Å². The van der Waals surface area contributed by atoms with E-state index in [0.717, 1.165) is 38.5 Å². The zero-order chi connectivity index (χ0) is 14.6. The second kappa shape index (κ2) is 11.2. The molecule has 1 aromatic carbocycles. The topological polar surface area (TPSA) is 21.3 Å². The third-order valence-electron chi connectivity index (χ3n) is 3.19. The lowest BCUT2D eigenvalue weighted by Crippen LogP contribution is -2.18. The summed E-state index contributed by atoms with van der Waals surface area (Å²) in [6.45, 7) is 10.4. The molecular weight excluding hydrogens is 266 g/mol. The van der Waals surface area contributed by atoms with Crippen LogP contribution in [0.3, 0.4) is 0 Å². The molecule has 1 N–H and O–H groups in total. The van der Waals surface area contributed by atoms with Gasteiger partial charge in [-0.25, -0.2) is 0 Å². The minimum atomic E-state index is 0.618. The number of nitrogens with one attached hydrogen (secondary N) is 1. The Hall–Kier alpha value is -0.510. The summed E-state index contributed by atoms with van der Waals surface area (Å²) in [6, 6.07) is 8.96. The van der Waals surface area contributed by atoms with E-state index in [1.54, 1.807) is 0 Å². The van der Waals surface area contributed by atoms with Crippen LogP contribution in [0.25, 0.3) is 0 Å². The molecule has 0 aliphatic heterocycles. The van der Waals surface area contributed by atoms with Crippen molar-refractivity contribution in [3.05, 3.63) is 29.8 Å². The number of hydrogen-bond acceptors (Lipinski definition) is 3. The lowest BCUT2D eigenvalue weighted by Gasteiger charge is -2.07. The standard InChI is InChI=1S/C17H29NOS/c1-4-19-13-6-5-11-18-12-14-20-17-9-7-16(8-10-17)15(2)3/h7-10,15,18H,4-6,11-14H2,1-3H3. The Labute approximate surface area is 128 Å². The van der Waals surface area contributed by atoms with Crippen molar-refractivity contribution in [1.82, 2.24) is 5.32 Å². The second-order valence-electron chi connectivity index (χ2n) is 5.23. The molecule has 1 aromatic rings. The van der Waals surface area contributed by atoms with E-state index in [-0.39, 0.29) is 0 Å². The van der Waals surface area contributed by atoms with Gasteiger partial charge in [0.1, 0.15) is 0 Å². The second-order valence-corrected chi connectivity index (χ2v) is 6.39. The molecule has 0 atom stereocenters. The van der Waals surface area contributed by atoms with Crippen LogP contribution >= 0.6 is 11.8 Å². The van der Waals surface area contributed by atoms with Gasteiger partial charge in [0.25, 0.3) is 0 Å². The summed E-state index contributed by atoms with van der Waals surface area (Å²) in [5, 5.41) is 3.49. The highest BCUT2D eigenvalue weighted by Crippen LogP contribution is 2.21. The number of benzene rings is 1. The van der Waals surface area contributed by atoms with Crippen molar-refractivity contribution >= 4 is 11.8 Å². The van der Waals surface area contributed by atoms with Gasteiger partial charge in [0, 0.05) is 30.4 Å². The molecule has 3 heteroatoms. The summed E-state index contributed by atoms with van der Waals surface area (Å²) in [5.41, 5.74) is 1.42. The Morgan fingerprint density at radius 3 is 2.50 bits per heavy atom. The highest BCUT2D eigenvalue weighted by molar-refractivity contribution is 7.99. The lowest BCUT2D eigenvalue weighted by molar-refractivity contribution is 0.143. The number of ether oxygens (including phenoxy) is 1. The van der Waals surface area contributed by atoms with Crippen LogP contribution in [-0.4, -0.2) is 32.1 Å². The zero-order valence-electron chi connectivity index (χ0n) is 13.2. The molecule has 0 saturated carbocycles. The first kappa shape index (κ1) is 17.5. The molecule has 20 heavy (non-hydrogen) atoms. The van der Waals surface area contributed by atoms with Gasteiger partial charge < -0.3 is 10.1 Å². The van der Waals surface area contributed by atoms with Gasteiger partial charge in [-0.3, -0.25) is 0 Å². The van der Waals surface area contributed by atoms with Crippen LogP contribution in [0.4, 0.5) is 0 Å². The molecule has 2 nitrogen and oxygen atoms in total. The largest absolute Gasteiger partial charge is 0.382 e. The summed E-state index contributed by atoms with van der Waals surface area (Å²) in [5.74, 6) is 1.75. The maximum atomic E-state index is 5.31. The molecule has 1 rings (SSSR count). The maximum absolute atomic E-state index is 5.31. The van der Waals surface area contributed by atoms with Gasteiger partial charge in [0.2, 0.25) is 0 Å². The summed E-state index contributed by atoms with van der Waals surface area (Å²) in [6.07, 6.45) is 2.36. The Morgan fingerprint density at radius 2 is 1.85 bits per heavy atom. The zero-order valence-corrected chi connectivity index (χ0v) is 14.0. The predicted octanol–water partition coefficient (Wildman–Crippen LogP) is 4.31. The summed E-state index contributed by atoms with van der Waals surface area (Å²) in [4.78, 5) is 1.37. The highest BCUT2D eigenvalue weighted by atomic mass is 32.2. The highest BCUT2D eigenvalue weighted by Gasteiger charge is 1.99. The molecule has 0 aromatic heterocycles. The van der Waals surface area contributed by atoms with Gasteiger partial charge in [-0.05, 0) is 49.9 Å². The van der Waals surface area contributed by atoms with Gasteiger partial charge in [-0.15, -0.1) is 11.8 Å². The molecule has 0 aliphatic carbocycles. The van der Waals surface area contributed by atoms with E-state index >= 15 is 0 Å². The molecule has 0 heterocycles. The quantitative estimate of drug-likeness (QED) is 0.485. The van der Waals surface area contributed by atoms with E-state index in [2.05, 4.69) is 43.4 Å². The van der Waals surface area contributed by atoms with E-state index in [9.17, 15) is 0 Å². The predicted molar refractivity (Wildman–Crippen MR) is 89.9 cm³/mol. The van der Waals surface area contributed by atoms with Crippen LogP contribution in [0.2, 0.25) is 0 Å². The van der Waals surface area contributed by atoms with E-state index < -0.39 is 0 Å². The van der Waals surface area contributed by atoms with E-state index in [4.69, 9.17) is 4.74 Å². The third kappa shape index (κ3) is 7.93. The van der Waals surface area contributed by atoms with Crippen LogP contribution < -0.4 is 5.32 Å². The summed E-state index contributed by atoms with van der Waals surface area (Å²) >= 11 is 1.93. The van der Waals surface area contributed by atoms with E-state index in [1.165, 1.54) is 16.9 Å². The van der Waals surface area contributed by atoms with Crippen molar-refractivity contribution < 1.29 is 4.74 Å². The van der Waals surface area contributed by atoms with E-state index in [0.29, 0.717) is 5.92 Å². The first-order valence-corrected chi connectivity index (χ1v) is 8.73. The maximum Gasteiger partial charge on any atom is 0.0466 e. The van der Waals surface area contributed by atoms with Gasteiger partial charge >= 0.3 is 0 Å². The minimum Gasteiger partial charge on any atom is -0.382 e. The first-order valence-electron chi connectivity index (χ1n) is 7.75. The molecule has 0 saturated heterocycles. The van der Waals surface area contributed by atoms with E-state index in [1.807, 2.05) is 18.7 Å². The minimum absolute atomic E-state index is 0.618. The van der Waals surface area contributed by atoms with Crippen molar-refractivity contribution in [2.45, 2.75) is 44.4 Å². The molecule has 0 unspecified atom stereocenters. The summed E-state index contributed by atoms with van der Waals surface area (Å²) in [7, 11) is 0. The molecule has 0 radical (unpaired) electrons. The summed E-state index contributed by atoms with van der Waals surface area (Å²) < 4.78 is 5.31. The van der Waals surface area contributed by atoms with Gasteiger partial charge in [0.15, 0.2) is 0 Å². The molecule has 0 bridgehead atoms. The molecule has 0 spiro atoms. The fourth-order valence-electron chi connectivity index (χ4n) is 1.91. The van der Waals surface area contributed by atoms with Crippen LogP contribution in [0.1, 0.15) is 45.1 Å². The number of unbranched alkanes of at least 4 members (excludes halogenated alkanes) is 1. The molecule has 0 fully saturated rings. The molecule has 0 aliphatic rings. The van der Waals surface area contributed by atoms with Crippen LogP contribution in [-0.2, 0) is 4.74 Å². The fraction of sp³-hybridized carbons (Fsp3) is 0.647. The number of rotatable bonds is 11. The SMILES string of the molecule is CCOCCCCNCCSc1ccc(C(C)C)cc1. The van der Waals surface area contributed by atoms with Crippen molar-refractivity contribution in [2.75, 3.05) is 32.1 Å². The average Bonchev–Trinajstić information content (AvgIpc) is 2.46. The van der Waals surface area contributed by atoms with Crippen molar-refractivity contribution in [1.29, 1.82) is 0 Å². The smallest absolute Gasteiger partial charge is 0.0466 e. The number of hydrogen-bond donors (Lipinski definition) is 1. The number of thioether (sulfide) groups is 1. The molecule has 0 amide bonds. The monoisotopic (exact) mass is 295 g/mol. The van der Waals surface area contributed by atoms with Crippen molar-refractivity contribution in [3.8, 4) is 0 Å². The average molecular weight is 295 g/mol.